The van der Waals surface area contributed by atoms with E-state index in [4.69, 9.17) is 10.6 Å². The molecule has 6 heteroatoms. The molecule has 0 amide bonds. The van der Waals surface area contributed by atoms with Gasteiger partial charge in [-0.1, -0.05) is 6.92 Å². The lowest BCUT2D eigenvalue weighted by atomic mass is 9.80. The molecule has 5 unspecified atom stereocenters. The van der Waals surface area contributed by atoms with E-state index in [1.54, 1.807) is 0 Å². The van der Waals surface area contributed by atoms with Gasteiger partial charge in [0.15, 0.2) is 0 Å². The second-order valence-corrected chi connectivity index (χ2v) is 10.1. The van der Waals surface area contributed by atoms with Crippen molar-refractivity contribution in [1.29, 1.82) is 0 Å². The summed E-state index contributed by atoms with van der Waals surface area (Å²) >= 11 is 6.28. The van der Waals surface area contributed by atoms with Crippen LogP contribution in [0.25, 0.3) is 0 Å². The zero-order valence-electron chi connectivity index (χ0n) is 12.2. The fourth-order valence-electron chi connectivity index (χ4n) is 3.78. The molecule has 0 bridgehead atoms. The number of ether oxygens (including phenoxy) is 1. The Morgan fingerprint density at radius 3 is 2.85 bits per heavy atom. The Labute approximate surface area is 135 Å². The molecule has 0 aromatic rings. The molecule has 3 heterocycles. The van der Waals surface area contributed by atoms with Crippen LogP contribution in [0.5, 0.6) is 0 Å². The first-order valence-corrected chi connectivity index (χ1v) is 10.9. The largest absolute Gasteiger partial charge is 0.374 e. The molecular weight excluding hydrogens is 308 g/mol. The molecule has 20 heavy (non-hydrogen) atoms. The molecule has 3 N–H and O–H groups in total. The van der Waals surface area contributed by atoms with Gasteiger partial charge < -0.3 is 4.74 Å². The minimum absolute atomic E-state index is 0.165. The summed E-state index contributed by atoms with van der Waals surface area (Å²) in [5.41, 5.74) is 3.35. The minimum Gasteiger partial charge on any atom is -0.374 e. The van der Waals surface area contributed by atoms with Gasteiger partial charge in [0.05, 0.1) is 5.60 Å². The lowest BCUT2D eigenvalue weighted by Gasteiger charge is -2.44. The highest BCUT2D eigenvalue weighted by atomic mass is 32.2. The highest BCUT2D eigenvalue weighted by Gasteiger charge is 2.45. The van der Waals surface area contributed by atoms with Gasteiger partial charge in [0.1, 0.15) is 0 Å². The molecule has 0 aliphatic carbocycles. The van der Waals surface area contributed by atoms with Crippen molar-refractivity contribution in [3.05, 3.63) is 0 Å². The van der Waals surface area contributed by atoms with Crippen LogP contribution < -0.4 is 11.3 Å². The van der Waals surface area contributed by atoms with Crippen LogP contribution in [0.4, 0.5) is 0 Å². The van der Waals surface area contributed by atoms with Gasteiger partial charge in [-0.2, -0.15) is 35.3 Å². The maximum absolute atomic E-state index is 6.16. The van der Waals surface area contributed by atoms with Gasteiger partial charge >= 0.3 is 0 Å². The molecule has 1 spiro atoms. The van der Waals surface area contributed by atoms with Crippen molar-refractivity contribution in [2.45, 2.75) is 48.3 Å². The number of hydrazine groups is 1. The monoisotopic (exact) mass is 334 g/mol. The first-order chi connectivity index (χ1) is 9.74. The Bertz CT molecular complexity index is 326. The average molecular weight is 335 g/mol. The predicted molar refractivity (Wildman–Crippen MR) is 92.6 cm³/mol. The summed E-state index contributed by atoms with van der Waals surface area (Å²) in [7, 11) is 0. The van der Waals surface area contributed by atoms with Crippen molar-refractivity contribution in [3.63, 3.8) is 0 Å². The first-order valence-electron chi connectivity index (χ1n) is 7.65. The van der Waals surface area contributed by atoms with Crippen LogP contribution in [0.3, 0.4) is 0 Å². The average Bonchev–Trinajstić information content (AvgIpc) is 2.90. The molecule has 3 aliphatic rings. The van der Waals surface area contributed by atoms with Crippen LogP contribution in [0, 0.1) is 5.92 Å². The van der Waals surface area contributed by atoms with Crippen LogP contribution in [0.15, 0.2) is 0 Å². The van der Waals surface area contributed by atoms with Crippen LogP contribution in [-0.4, -0.2) is 51.8 Å². The predicted octanol–water partition coefficient (Wildman–Crippen LogP) is 2.36. The molecule has 5 atom stereocenters. The summed E-state index contributed by atoms with van der Waals surface area (Å²) in [5.74, 6) is 11.6. The summed E-state index contributed by atoms with van der Waals surface area (Å²) in [6, 6.07) is 0.439. The van der Waals surface area contributed by atoms with E-state index < -0.39 is 0 Å². The van der Waals surface area contributed by atoms with E-state index in [1.807, 2.05) is 0 Å². The molecule has 116 valence electrons. The molecule has 3 fully saturated rings. The van der Waals surface area contributed by atoms with Gasteiger partial charge in [0.25, 0.3) is 0 Å². The summed E-state index contributed by atoms with van der Waals surface area (Å²) < 4.78 is 6.16. The topological polar surface area (TPSA) is 47.3 Å². The van der Waals surface area contributed by atoms with Gasteiger partial charge in [-0.3, -0.25) is 11.3 Å². The number of hydrogen-bond acceptors (Lipinski definition) is 6. The molecule has 0 radical (unpaired) electrons. The van der Waals surface area contributed by atoms with E-state index in [9.17, 15) is 0 Å². The number of thioether (sulfide) groups is 3. The van der Waals surface area contributed by atoms with Gasteiger partial charge in [0, 0.05) is 40.4 Å². The third-order valence-electron chi connectivity index (χ3n) is 4.89. The van der Waals surface area contributed by atoms with Crippen LogP contribution in [0.1, 0.15) is 26.2 Å². The number of rotatable bonds is 3. The lowest BCUT2D eigenvalue weighted by Crippen LogP contribution is -2.55. The molecule has 3 rings (SSSR count). The SMILES string of the molecule is CC1SCCSC1C(NN)C1CCOC2(CCSC2)C1. The van der Waals surface area contributed by atoms with E-state index in [1.165, 1.54) is 35.9 Å². The second-order valence-electron chi connectivity index (χ2n) is 6.19. The summed E-state index contributed by atoms with van der Waals surface area (Å²) in [4.78, 5) is 0. The fraction of sp³-hybridized carbons (Fsp3) is 1.00. The Morgan fingerprint density at radius 2 is 2.15 bits per heavy atom. The maximum Gasteiger partial charge on any atom is 0.0783 e. The van der Waals surface area contributed by atoms with Crippen molar-refractivity contribution in [2.75, 3.05) is 29.6 Å². The van der Waals surface area contributed by atoms with Crippen molar-refractivity contribution in [3.8, 4) is 0 Å². The molecule has 3 aliphatic heterocycles. The number of nitrogens with two attached hydrogens (primary N) is 1. The fourth-order valence-corrected chi connectivity index (χ4v) is 8.18. The molecule has 3 nitrogen and oxygen atoms in total. The van der Waals surface area contributed by atoms with Gasteiger partial charge in [-0.15, -0.1) is 0 Å². The first kappa shape index (κ1) is 15.8. The van der Waals surface area contributed by atoms with E-state index in [0.717, 1.165) is 13.0 Å². The van der Waals surface area contributed by atoms with Gasteiger partial charge in [0.2, 0.25) is 0 Å². The van der Waals surface area contributed by atoms with E-state index in [-0.39, 0.29) is 5.60 Å². The molecule has 0 aromatic heterocycles. The van der Waals surface area contributed by atoms with Gasteiger partial charge in [-0.25, -0.2) is 0 Å². The number of nitrogens with one attached hydrogen (secondary N) is 1. The molecule has 3 saturated heterocycles. The van der Waals surface area contributed by atoms with Crippen molar-refractivity contribution >= 4 is 35.3 Å². The molecular formula is C14H26N2OS3. The van der Waals surface area contributed by atoms with Gasteiger partial charge in [-0.05, 0) is 30.9 Å². The van der Waals surface area contributed by atoms with Crippen molar-refractivity contribution in [2.24, 2.45) is 11.8 Å². The number of hydrogen-bond donors (Lipinski definition) is 2. The van der Waals surface area contributed by atoms with Crippen LogP contribution >= 0.6 is 35.3 Å². The van der Waals surface area contributed by atoms with Crippen LogP contribution in [0.2, 0.25) is 0 Å². The smallest absolute Gasteiger partial charge is 0.0783 e. The third kappa shape index (κ3) is 3.30. The Balaban J connectivity index is 1.68. The minimum atomic E-state index is 0.165. The van der Waals surface area contributed by atoms with E-state index in [0.29, 0.717) is 22.5 Å². The summed E-state index contributed by atoms with van der Waals surface area (Å²) in [6.45, 7) is 3.29. The Kier molecular flexibility index (Phi) is 5.54. The van der Waals surface area contributed by atoms with E-state index in [2.05, 4.69) is 47.6 Å². The summed E-state index contributed by atoms with van der Waals surface area (Å²) in [6.07, 6.45) is 3.59. The van der Waals surface area contributed by atoms with E-state index >= 15 is 0 Å². The lowest BCUT2D eigenvalue weighted by molar-refractivity contribution is -0.0851. The normalized spacial score (nSPS) is 43.8. The Morgan fingerprint density at radius 1 is 1.30 bits per heavy atom. The zero-order chi connectivity index (χ0) is 14.0. The van der Waals surface area contributed by atoms with Crippen molar-refractivity contribution < 1.29 is 4.74 Å². The van der Waals surface area contributed by atoms with Crippen LogP contribution in [-0.2, 0) is 4.74 Å². The Hall–Kier alpha value is 0.930. The molecule has 0 aromatic carbocycles. The maximum atomic E-state index is 6.16. The quantitative estimate of drug-likeness (QED) is 0.610. The summed E-state index contributed by atoms with van der Waals surface area (Å²) in [5, 5.41) is 1.35. The highest BCUT2D eigenvalue weighted by molar-refractivity contribution is 8.07. The third-order valence-corrected chi connectivity index (χ3v) is 9.33. The zero-order valence-corrected chi connectivity index (χ0v) is 14.6. The van der Waals surface area contributed by atoms with Crippen molar-refractivity contribution in [1.82, 2.24) is 5.43 Å². The molecule has 0 saturated carbocycles. The standard InChI is InChI=1S/C14H26N2OS3/c1-10-13(20-7-6-19-10)12(16-15)11-2-4-17-14(8-11)3-5-18-9-14/h10-13,16H,2-9,15H2,1H3. The second kappa shape index (κ2) is 7.01. The highest BCUT2D eigenvalue weighted by Crippen LogP contribution is 2.44.